The quantitative estimate of drug-likeness (QED) is 0.619. The Labute approximate surface area is 137 Å². The monoisotopic (exact) mass is 316 g/mol. The number of benzene rings is 1. The van der Waals surface area contributed by atoms with Gasteiger partial charge in [-0.1, -0.05) is 18.9 Å². The zero-order valence-electron chi connectivity index (χ0n) is 13.9. The zero-order valence-corrected chi connectivity index (χ0v) is 13.9. The molecule has 1 saturated heterocycles. The highest BCUT2D eigenvalue weighted by Gasteiger charge is 2.36. The Morgan fingerprint density at radius 2 is 2.09 bits per heavy atom. The molecule has 1 aliphatic heterocycles. The zero-order chi connectivity index (χ0) is 16.3. The number of likely N-dealkylation sites (N-methyl/N-ethyl adjacent to an activating group) is 1. The van der Waals surface area contributed by atoms with Gasteiger partial charge in [0.05, 0.1) is 12.6 Å². The lowest BCUT2D eigenvalue weighted by atomic mass is 9.88. The lowest BCUT2D eigenvalue weighted by molar-refractivity contribution is 0.199. The molecule has 3 rings (SSSR count). The standard InChI is InChI=1S/C18H24N2O3/c1-20-10-7-15(12-20)23-16-6-5-14(11-17(16)22-2)18(19-13-21)8-3-4-9-18/h5-6,11,15H,3-4,7-10,12H2,1-2H3. The maximum atomic E-state index is 10.9. The first kappa shape index (κ1) is 16.0. The molecule has 1 aliphatic carbocycles. The van der Waals surface area contributed by atoms with E-state index in [9.17, 15) is 4.79 Å². The maximum Gasteiger partial charge on any atom is 0.235 e. The second-order valence-electron chi connectivity index (χ2n) is 6.60. The summed E-state index contributed by atoms with van der Waals surface area (Å²) in [6.07, 6.45) is 6.94. The van der Waals surface area contributed by atoms with Crippen LogP contribution < -0.4 is 9.47 Å². The van der Waals surface area contributed by atoms with Gasteiger partial charge in [-0.3, -0.25) is 0 Å². The van der Waals surface area contributed by atoms with Gasteiger partial charge in [-0.25, -0.2) is 4.79 Å². The second-order valence-corrected chi connectivity index (χ2v) is 6.60. The summed E-state index contributed by atoms with van der Waals surface area (Å²) in [7, 11) is 3.75. The number of aliphatic imine (C=N–C) groups is 1. The van der Waals surface area contributed by atoms with E-state index in [0.29, 0.717) is 5.75 Å². The molecular formula is C18H24N2O3. The summed E-state index contributed by atoms with van der Waals surface area (Å²) in [6.45, 7) is 1.99. The molecule has 1 atom stereocenters. The van der Waals surface area contributed by atoms with Crippen LogP contribution in [0.5, 0.6) is 11.5 Å². The van der Waals surface area contributed by atoms with Crippen LogP contribution in [0.15, 0.2) is 23.2 Å². The van der Waals surface area contributed by atoms with E-state index in [1.165, 1.54) is 0 Å². The fourth-order valence-electron chi connectivity index (χ4n) is 3.74. The first-order valence-corrected chi connectivity index (χ1v) is 8.29. The smallest absolute Gasteiger partial charge is 0.235 e. The molecule has 0 N–H and O–H groups in total. The molecule has 124 valence electrons. The minimum Gasteiger partial charge on any atom is -0.493 e. The molecule has 0 aromatic heterocycles. The van der Waals surface area contributed by atoms with Crippen molar-refractivity contribution < 1.29 is 14.3 Å². The Balaban J connectivity index is 1.85. The number of rotatable bonds is 5. The fraction of sp³-hybridized carbons (Fsp3) is 0.611. The van der Waals surface area contributed by atoms with Crippen molar-refractivity contribution in [3.63, 3.8) is 0 Å². The summed E-state index contributed by atoms with van der Waals surface area (Å²) in [4.78, 5) is 17.3. The van der Waals surface area contributed by atoms with Crippen LogP contribution in [-0.4, -0.2) is 44.3 Å². The Morgan fingerprint density at radius 3 is 2.70 bits per heavy atom. The van der Waals surface area contributed by atoms with Crippen LogP contribution in [0, 0.1) is 0 Å². The number of ether oxygens (including phenoxy) is 2. The molecule has 1 heterocycles. The molecule has 0 amide bonds. The summed E-state index contributed by atoms with van der Waals surface area (Å²) in [5, 5.41) is 0. The van der Waals surface area contributed by atoms with Crippen molar-refractivity contribution in [2.45, 2.75) is 43.7 Å². The second kappa shape index (κ2) is 6.73. The SMILES string of the molecule is COc1cc(C2(N=C=O)CCCC2)ccc1OC1CCN(C)C1. The van der Waals surface area contributed by atoms with Crippen LogP contribution in [0.25, 0.3) is 0 Å². The first-order chi connectivity index (χ1) is 11.2. The molecule has 23 heavy (non-hydrogen) atoms. The molecule has 5 nitrogen and oxygen atoms in total. The fourth-order valence-corrected chi connectivity index (χ4v) is 3.74. The van der Waals surface area contributed by atoms with Crippen LogP contribution in [0.3, 0.4) is 0 Å². The number of carbonyl (C=O) groups excluding carboxylic acids is 1. The highest BCUT2D eigenvalue weighted by molar-refractivity contribution is 5.47. The van der Waals surface area contributed by atoms with Gasteiger partial charge in [0.2, 0.25) is 6.08 Å². The first-order valence-electron chi connectivity index (χ1n) is 8.29. The van der Waals surface area contributed by atoms with Crippen molar-refractivity contribution in [2.24, 2.45) is 4.99 Å². The summed E-state index contributed by atoms with van der Waals surface area (Å²) >= 11 is 0. The Hall–Kier alpha value is -1.84. The molecule has 1 saturated carbocycles. The van der Waals surface area contributed by atoms with Crippen molar-refractivity contribution in [1.29, 1.82) is 0 Å². The topological polar surface area (TPSA) is 51.1 Å². The van der Waals surface area contributed by atoms with Gasteiger partial charge in [-0.05, 0) is 44.0 Å². The molecular weight excluding hydrogens is 292 g/mol. The van der Waals surface area contributed by atoms with E-state index < -0.39 is 5.54 Å². The number of isocyanates is 1. The van der Waals surface area contributed by atoms with Gasteiger partial charge < -0.3 is 14.4 Å². The number of likely N-dealkylation sites (tertiary alicyclic amines) is 1. The molecule has 5 heteroatoms. The Bertz CT molecular complexity index is 604. The average molecular weight is 316 g/mol. The minimum absolute atomic E-state index is 0.202. The molecule has 1 aromatic rings. The van der Waals surface area contributed by atoms with Crippen LogP contribution >= 0.6 is 0 Å². The predicted molar refractivity (Wildman–Crippen MR) is 87.8 cm³/mol. The van der Waals surface area contributed by atoms with Crippen LogP contribution in [-0.2, 0) is 10.3 Å². The van der Waals surface area contributed by atoms with Crippen LogP contribution in [0.2, 0.25) is 0 Å². The van der Waals surface area contributed by atoms with Gasteiger partial charge in [0.25, 0.3) is 0 Å². The van der Waals surface area contributed by atoms with E-state index in [4.69, 9.17) is 9.47 Å². The largest absolute Gasteiger partial charge is 0.493 e. The number of hydrogen-bond acceptors (Lipinski definition) is 5. The van der Waals surface area contributed by atoms with E-state index in [1.807, 2.05) is 18.2 Å². The van der Waals surface area contributed by atoms with Gasteiger partial charge in [0.1, 0.15) is 6.10 Å². The average Bonchev–Trinajstić information content (AvgIpc) is 3.18. The molecule has 1 aromatic carbocycles. The van der Waals surface area contributed by atoms with Gasteiger partial charge in [-0.15, -0.1) is 0 Å². The summed E-state index contributed by atoms with van der Waals surface area (Å²) < 4.78 is 11.6. The lowest BCUT2D eigenvalue weighted by Crippen LogP contribution is -2.22. The lowest BCUT2D eigenvalue weighted by Gasteiger charge is -2.24. The highest BCUT2D eigenvalue weighted by atomic mass is 16.5. The number of hydrogen-bond donors (Lipinski definition) is 0. The molecule has 2 aliphatic rings. The van der Waals surface area contributed by atoms with E-state index in [2.05, 4.69) is 16.9 Å². The third kappa shape index (κ3) is 3.26. The number of nitrogens with zero attached hydrogens (tertiary/aromatic N) is 2. The van der Waals surface area contributed by atoms with E-state index in [-0.39, 0.29) is 6.10 Å². The van der Waals surface area contributed by atoms with Crippen molar-refractivity contribution in [2.75, 3.05) is 27.2 Å². The Kier molecular flexibility index (Phi) is 4.69. The normalized spacial score (nSPS) is 23.5. The molecule has 2 fully saturated rings. The van der Waals surface area contributed by atoms with E-state index >= 15 is 0 Å². The third-order valence-corrected chi connectivity index (χ3v) is 5.03. The van der Waals surface area contributed by atoms with Gasteiger partial charge in [-0.2, -0.15) is 4.99 Å². The van der Waals surface area contributed by atoms with Gasteiger partial charge in [0, 0.05) is 13.1 Å². The minimum atomic E-state index is -0.429. The summed E-state index contributed by atoms with van der Waals surface area (Å²) in [6, 6.07) is 5.94. The summed E-state index contributed by atoms with van der Waals surface area (Å²) in [5.41, 5.74) is 0.590. The summed E-state index contributed by atoms with van der Waals surface area (Å²) in [5.74, 6) is 1.48. The Morgan fingerprint density at radius 1 is 1.30 bits per heavy atom. The van der Waals surface area contributed by atoms with Gasteiger partial charge >= 0.3 is 0 Å². The van der Waals surface area contributed by atoms with Gasteiger partial charge in [0.15, 0.2) is 11.5 Å². The number of methoxy groups -OCH3 is 1. The van der Waals surface area contributed by atoms with E-state index in [1.54, 1.807) is 13.2 Å². The van der Waals surface area contributed by atoms with Crippen molar-refractivity contribution in [3.8, 4) is 11.5 Å². The molecule has 1 unspecified atom stereocenters. The maximum absolute atomic E-state index is 10.9. The highest BCUT2D eigenvalue weighted by Crippen LogP contribution is 2.44. The molecule has 0 spiro atoms. The molecule has 0 radical (unpaired) electrons. The van der Waals surface area contributed by atoms with Crippen molar-refractivity contribution in [1.82, 2.24) is 4.90 Å². The predicted octanol–water partition coefficient (Wildman–Crippen LogP) is 2.88. The third-order valence-electron chi connectivity index (χ3n) is 5.03. The van der Waals surface area contributed by atoms with Crippen LogP contribution in [0.4, 0.5) is 0 Å². The van der Waals surface area contributed by atoms with Crippen molar-refractivity contribution in [3.05, 3.63) is 23.8 Å². The van der Waals surface area contributed by atoms with Crippen LogP contribution in [0.1, 0.15) is 37.7 Å². The van der Waals surface area contributed by atoms with E-state index in [0.717, 1.165) is 56.5 Å². The van der Waals surface area contributed by atoms with Crippen molar-refractivity contribution >= 4 is 6.08 Å². The molecule has 0 bridgehead atoms.